The van der Waals surface area contributed by atoms with Crippen molar-refractivity contribution < 1.29 is 0 Å². The minimum atomic E-state index is 0.0881. The Morgan fingerprint density at radius 2 is 1.37 bits per heavy atom. The molecule has 0 heterocycles. The van der Waals surface area contributed by atoms with Gasteiger partial charge in [-0.1, -0.05) is 86.6 Å². The van der Waals surface area contributed by atoms with Crippen LogP contribution in [0.15, 0.2) is 34.9 Å². The van der Waals surface area contributed by atoms with Gasteiger partial charge in [-0.05, 0) is 82.8 Å². The zero-order valence-electron chi connectivity index (χ0n) is 22.0. The lowest BCUT2D eigenvalue weighted by molar-refractivity contribution is 0.125. The minimum absolute atomic E-state index is 0.0881. The summed E-state index contributed by atoms with van der Waals surface area (Å²) in [7, 11) is 0. The van der Waals surface area contributed by atoms with Crippen LogP contribution in [0, 0.1) is 5.41 Å². The summed E-state index contributed by atoms with van der Waals surface area (Å²) in [6.07, 6.45) is 4.50. The zero-order valence-corrected chi connectivity index (χ0v) is 22.0. The van der Waals surface area contributed by atoms with Gasteiger partial charge in [0.1, 0.15) is 0 Å². The van der Waals surface area contributed by atoms with Crippen molar-refractivity contribution in [1.29, 1.82) is 0 Å². The highest BCUT2D eigenvalue weighted by molar-refractivity contribution is 5.98. The molecule has 0 N–H and O–H groups in total. The number of hydrogen-bond acceptors (Lipinski definition) is 1. The molecule has 0 radical (unpaired) electrons. The van der Waals surface area contributed by atoms with Gasteiger partial charge < -0.3 is 0 Å². The molecule has 0 aliphatic heterocycles. The highest BCUT2D eigenvalue weighted by Crippen LogP contribution is 2.62. The topological polar surface area (TPSA) is 12.4 Å². The molecule has 166 valence electrons. The molecule has 0 fully saturated rings. The third kappa shape index (κ3) is 3.85. The average molecular weight is 408 g/mol. The molecule has 0 atom stereocenters. The van der Waals surface area contributed by atoms with E-state index in [0.29, 0.717) is 0 Å². The normalized spacial score (nSPS) is 21.0. The molecule has 1 aromatic rings. The van der Waals surface area contributed by atoms with Gasteiger partial charge in [0, 0.05) is 12.3 Å². The molecule has 1 nitrogen and oxygen atoms in total. The van der Waals surface area contributed by atoms with Gasteiger partial charge in [-0.25, -0.2) is 0 Å². The average Bonchev–Trinajstić information content (AvgIpc) is 2.73. The lowest BCUT2D eigenvalue weighted by Crippen LogP contribution is -2.42. The molecule has 1 heteroatoms. The van der Waals surface area contributed by atoms with Crippen LogP contribution in [0.5, 0.6) is 0 Å². The van der Waals surface area contributed by atoms with Gasteiger partial charge in [0.2, 0.25) is 0 Å². The summed E-state index contributed by atoms with van der Waals surface area (Å²) in [5, 5.41) is 0. The van der Waals surface area contributed by atoms with Gasteiger partial charge in [0.25, 0.3) is 0 Å². The van der Waals surface area contributed by atoms with Crippen molar-refractivity contribution in [1.82, 2.24) is 0 Å². The number of fused-ring (bicyclic) bond motifs is 1. The first-order valence-electron chi connectivity index (χ1n) is 11.6. The monoisotopic (exact) mass is 407 g/mol. The van der Waals surface area contributed by atoms with Crippen molar-refractivity contribution in [2.24, 2.45) is 10.4 Å². The number of nitrogens with zero attached hydrogens (tertiary/aromatic N) is 1. The van der Waals surface area contributed by atoms with Gasteiger partial charge in [-0.2, -0.15) is 0 Å². The Balaban J connectivity index is 2.76. The lowest BCUT2D eigenvalue weighted by Gasteiger charge is -2.44. The third-order valence-corrected chi connectivity index (χ3v) is 8.41. The first kappa shape index (κ1) is 24.6. The molecule has 2 rings (SSSR count). The van der Waals surface area contributed by atoms with Crippen LogP contribution in [0.3, 0.4) is 0 Å². The summed E-state index contributed by atoms with van der Waals surface area (Å²) in [6, 6.07) is 5.04. The Labute approximate surface area is 186 Å². The van der Waals surface area contributed by atoms with Gasteiger partial charge >= 0.3 is 0 Å². The third-order valence-electron chi connectivity index (χ3n) is 8.41. The maximum atomic E-state index is 4.55. The van der Waals surface area contributed by atoms with Crippen LogP contribution in [0.25, 0.3) is 5.57 Å². The maximum Gasteiger partial charge on any atom is 0.0364 e. The number of aliphatic imine (C=N–C) groups is 1. The Kier molecular flexibility index (Phi) is 6.41. The second-order valence-corrected chi connectivity index (χ2v) is 11.8. The summed E-state index contributed by atoms with van der Waals surface area (Å²) in [5.41, 5.74) is 10.1. The van der Waals surface area contributed by atoms with Crippen molar-refractivity contribution in [2.75, 3.05) is 6.54 Å². The van der Waals surface area contributed by atoms with E-state index in [4.69, 9.17) is 0 Å². The first-order chi connectivity index (χ1) is 13.5. The van der Waals surface area contributed by atoms with Gasteiger partial charge in [0.05, 0.1) is 0 Å². The molecule has 0 saturated carbocycles. The standard InChI is InChI=1S/C29H45N/c1-14-30-21(4)19(2)15-16-20(3)22-17-24-25(18-23(22)26(5,6)7)28(10,11)29(12,13)27(24,8)9/h15-18H,14H2,1-13H3/b19-15+,20-16+,30-21+. The molecule has 1 aromatic carbocycles. The van der Waals surface area contributed by atoms with E-state index < -0.39 is 0 Å². The molecule has 0 aromatic heterocycles. The fourth-order valence-corrected chi connectivity index (χ4v) is 4.86. The zero-order chi connectivity index (χ0) is 23.3. The summed E-state index contributed by atoms with van der Waals surface area (Å²) < 4.78 is 0. The number of allylic oxidation sites excluding steroid dienone is 4. The quantitative estimate of drug-likeness (QED) is 0.351. The summed E-state index contributed by atoms with van der Waals surface area (Å²) in [5.74, 6) is 0. The second kappa shape index (κ2) is 7.81. The Morgan fingerprint density at radius 3 is 1.83 bits per heavy atom. The van der Waals surface area contributed by atoms with Gasteiger partial charge in [-0.3, -0.25) is 4.99 Å². The van der Waals surface area contributed by atoms with E-state index in [2.05, 4.69) is 119 Å². The number of rotatable bonds is 4. The summed E-state index contributed by atoms with van der Waals surface area (Å²) in [6.45, 7) is 31.0. The van der Waals surface area contributed by atoms with Crippen LogP contribution in [0.2, 0.25) is 0 Å². The van der Waals surface area contributed by atoms with Crippen molar-refractivity contribution >= 4 is 11.3 Å². The minimum Gasteiger partial charge on any atom is -0.290 e. The number of benzene rings is 1. The lowest BCUT2D eigenvalue weighted by atomic mass is 9.59. The van der Waals surface area contributed by atoms with Crippen molar-refractivity contribution in [3.05, 3.63) is 52.1 Å². The molecule has 1 aliphatic carbocycles. The Hall–Kier alpha value is -1.63. The first-order valence-corrected chi connectivity index (χ1v) is 11.6. The predicted molar refractivity (Wildman–Crippen MR) is 136 cm³/mol. The predicted octanol–water partition coefficient (Wildman–Crippen LogP) is 8.41. The van der Waals surface area contributed by atoms with Crippen LogP contribution >= 0.6 is 0 Å². The van der Waals surface area contributed by atoms with E-state index >= 15 is 0 Å². The largest absolute Gasteiger partial charge is 0.290 e. The molecule has 0 saturated heterocycles. The molecular weight excluding hydrogens is 362 g/mol. The fraction of sp³-hybridized carbons (Fsp3) is 0.621. The summed E-state index contributed by atoms with van der Waals surface area (Å²) in [4.78, 5) is 4.55. The molecule has 1 aliphatic rings. The molecule has 0 unspecified atom stereocenters. The molecule has 30 heavy (non-hydrogen) atoms. The highest BCUT2D eigenvalue weighted by Gasteiger charge is 2.57. The highest BCUT2D eigenvalue weighted by atomic mass is 14.7. The molecule has 0 spiro atoms. The molecule has 0 bridgehead atoms. The van der Waals surface area contributed by atoms with Gasteiger partial charge in [-0.15, -0.1) is 0 Å². The molecule has 0 amide bonds. The Morgan fingerprint density at radius 1 is 0.867 bits per heavy atom. The van der Waals surface area contributed by atoms with Crippen LogP contribution in [0.4, 0.5) is 0 Å². The van der Waals surface area contributed by atoms with Crippen LogP contribution in [-0.2, 0) is 16.2 Å². The Bertz CT molecular complexity index is 908. The van der Waals surface area contributed by atoms with E-state index in [0.717, 1.165) is 12.3 Å². The van der Waals surface area contributed by atoms with E-state index in [1.54, 1.807) is 0 Å². The SMILES string of the molecule is CC/N=C(C)/C(C)=C/C=C(\C)c1cc2c(cc1C(C)(C)C)C(C)(C)C(C)(C)C2(C)C. The molecular formula is C29H45N. The van der Waals surface area contributed by atoms with Crippen LogP contribution < -0.4 is 0 Å². The van der Waals surface area contributed by atoms with Crippen LogP contribution in [-0.4, -0.2) is 12.3 Å². The second-order valence-electron chi connectivity index (χ2n) is 11.8. The van der Waals surface area contributed by atoms with Gasteiger partial charge in [0.15, 0.2) is 0 Å². The van der Waals surface area contributed by atoms with Crippen molar-refractivity contribution in [2.45, 2.75) is 106 Å². The smallest absolute Gasteiger partial charge is 0.0364 e. The summed E-state index contributed by atoms with van der Waals surface area (Å²) >= 11 is 0. The van der Waals surface area contributed by atoms with Crippen LogP contribution in [0.1, 0.15) is 112 Å². The van der Waals surface area contributed by atoms with E-state index in [9.17, 15) is 0 Å². The fourth-order valence-electron chi connectivity index (χ4n) is 4.86. The van der Waals surface area contributed by atoms with E-state index in [1.807, 2.05) is 0 Å². The number of hydrogen-bond donors (Lipinski definition) is 0. The van der Waals surface area contributed by atoms with Crippen molar-refractivity contribution in [3.8, 4) is 0 Å². The maximum absolute atomic E-state index is 4.55. The van der Waals surface area contributed by atoms with Crippen molar-refractivity contribution in [3.63, 3.8) is 0 Å². The van der Waals surface area contributed by atoms with E-state index in [1.165, 1.54) is 33.4 Å². The van der Waals surface area contributed by atoms with E-state index in [-0.39, 0.29) is 21.7 Å².